The lowest BCUT2D eigenvalue weighted by molar-refractivity contribution is -0.145. The number of carbonyl (C=O) groups is 5. The number of carbonyl (C=O) groups excluding carboxylic acids is 4. The molecule has 2 unspecified atom stereocenters. The molecule has 134 valence electrons. The highest BCUT2D eigenvalue weighted by atomic mass is 16.4. The number of carboxylic acids is 1. The van der Waals surface area contributed by atoms with Gasteiger partial charge in [0.15, 0.2) is 0 Å². The van der Waals surface area contributed by atoms with Crippen LogP contribution in [0.25, 0.3) is 0 Å². The van der Waals surface area contributed by atoms with Crippen LogP contribution in [0.15, 0.2) is 0 Å². The van der Waals surface area contributed by atoms with Gasteiger partial charge in [-0.05, 0) is 12.8 Å². The van der Waals surface area contributed by atoms with Crippen LogP contribution in [0.4, 0.5) is 0 Å². The summed E-state index contributed by atoms with van der Waals surface area (Å²) in [7, 11) is 0. The van der Waals surface area contributed by atoms with Gasteiger partial charge in [0, 0.05) is 19.4 Å². The van der Waals surface area contributed by atoms with Crippen LogP contribution in [0.5, 0.6) is 0 Å². The van der Waals surface area contributed by atoms with Gasteiger partial charge in [-0.3, -0.25) is 29.4 Å². The third-order valence-corrected chi connectivity index (χ3v) is 3.62. The first-order valence-corrected chi connectivity index (χ1v) is 7.36. The minimum absolute atomic E-state index is 0.204. The van der Waals surface area contributed by atoms with Crippen molar-refractivity contribution in [2.75, 3.05) is 6.54 Å². The van der Waals surface area contributed by atoms with Crippen LogP contribution in [0.2, 0.25) is 0 Å². The van der Waals surface area contributed by atoms with Crippen molar-refractivity contribution in [2.24, 2.45) is 11.6 Å². The van der Waals surface area contributed by atoms with Crippen molar-refractivity contribution in [2.45, 2.75) is 44.2 Å². The predicted octanol–water partition coefficient (Wildman–Crippen LogP) is -2.81. The summed E-state index contributed by atoms with van der Waals surface area (Å²) in [6.45, 7) is 0.258. The van der Waals surface area contributed by atoms with Crippen molar-refractivity contribution >= 4 is 29.6 Å². The van der Waals surface area contributed by atoms with E-state index >= 15 is 0 Å². The summed E-state index contributed by atoms with van der Waals surface area (Å²) in [4.78, 5) is 58.8. The Kier molecular flexibility index (Phi) is 7.11. The molecule has 1 rings (SSSR count). The van der Waals surface area contributed by atoms with E-state index in [1.54, 1.807) is 0 Å². The van der Waals surface area contributed by atoms with Crippen LogP contribution in [-0.4, -0.2) is 58.2 Å². The molecule has 0 saturated carbocycles. The number of nitrogens with two attached hydrogens (primary N) is 2. The summed E-state index contributed by atoms with van der Waals surface area (Å²) in [6.07, 6.45) is -0.152. The van der Waals surface area contributed by atoms with Gasteiger partial charge in [-0.25, -0.2) is 5.84 Å². The molecule has 0 aromatic carbocycles. The molecule has 0 spiro atoms. The number of nitrogens with zero attached hydrogens (tertiary/aromatic N) is 1. The molecule has 1 saturated heterocycles. The molecule has 7 N–H and O–H groups in total. The second-order valence-corrected chi connectivity index (χ2v) is 5.38. The van der Waals surface area contributed by atoms with E-state index in [0.717, 1.165) is 0 Å². The predicted molar refractivity (Wildman–Crippen MR) is 79.7 cm³/mol. The van der Waals surface area contributed by atoms with Crippen LogP contribution in [0, 0.1) is 0 Å². The maximum Gasteiger partial charge on any atom is 0.305 e. The van der Waals surface area contributed by atoms with Gasteiger partial charge >= 0.3 is 5.97 Å². The van der Waals surface area contributed by atoms with E-state index in [9.17, 15) is 24.0 Å². The van der Waals surface area contributed by atoms with Gasteiger partial charge in [0.25, 0.3) is 0 Å². The number of amides is 4. The first kappa shape index (κ1) is 19.4. The first-order chi connectivity index (χ1) is 11.3. The number of hydrogen-bond acceptors (Lipinski definition) is 6. The van der Waals surface area contributed by atoms with Crippen molar-refractivity contribution in [1.29, 1.82) is 0 Å². The Bertz CT molecular complexity index is 537. The fraction of sp³-hybridized carbons (Fsp3) is 0.615. The number of carboxylic acid groups (broad SMARTS) is 1. The molecule has 2 atom stereocenters. The van der Waals surface area contributed by atoms with E-state index in [2.05, 4.69) is 5.32 Å². The van der Waals surface area contributed by atoms with Gasteiger partial charge in [0.1, 0.15) is 12.1 Å². The Morgan fingerprint density at radius 2 is 1.79 bits per heavy atom. The average Bonchev–Trinajstić information content (AvgIpc) is 3.00. The zero-order valence-electron chi connectivity index (χ0n) is 13.0. The molecule has 1 fully saturated rings. The molecule has 0 aromatic rings. The van der Waals surface area contributed by atoms with Crippen LogP contribution < -0.4 is 22.3 Å². The average molecular weight is 343 g/mol. The fourth-order valence-electron chi connectivity index (χ4n) is 2.47. The second kappa shape index (κ2) is 8.82. The molecule has 0 radical (unpaired) electrons. The number of primary amides is 1. The molecule has 4 amide bonds. The number of aliphatic carboxylic acids is 1. The van der Waals surface area contributed by atoms with E-state index in [4.69, 9.17) is 16.7 Å². The largest absolute Gasteiger partial charge is 0.481 e. The summed E-state index contributed by atoms with van der Waals surface area (Å²) in [5.41, 5.74) is 7.08. The lowest BCUT2D eigenvalue weighted by atomic mass is 10.1. The van der Waals surface area contributed by atoms with Crippen LogP contribution in [0.1, 0.15) is 32.1 Å². The lowest BCUT2D eigenvalue weighted by Gasteiger charge is -2.27. The summed E-state index contributed by atoms with van der Waals surface area (Å²) in [5.74, 6) is 0.990. The van der Waals surface area contributed by atoms with Gasteiger partial charge in [0.05, 0.1) is 6.42 Å². The third-order valence-electron chi connectivity index (χ3n) is 3.62. The van der Waals surface area contributed by atoms with Gasteiger partial charge in [0.2, 0.25) is 23.6 Å². The number of nitrogens with one attached hydrogen (secondary N) is 2. The molecule has 0 bridgehead atoms. The highest BCUT2D eigenvalue weighted by molar-refractivity contribution is 5.94. The van der Waals surface area contributed by atoms with Gasteiger partial charge in [-0.1, -0.05) is 0 Å². The summed E-state index contributed by atoms with van der Waals surface area (Å²) < 4.78 is 0. The molecule has 1 heterocycles. The zero-order valence-corrected chi connectivity index (χ0v) is 13.0. The molecule has 24 heavy (non-hydrogen) atoms. The number of likely N-dealkylation sites (tertiary alicyclic amines) is 1. The maximum absolute atomic E-state index is 12.5. The highest BCUT2D eigenvalue weighted by Gasteiger charge is 2.37. The molecule has 11 nitrogen and oxygen atoms in total. The van der Waals surface area contributed by atoms with Gasteiger partial charge in [-0.2, -0.15) is 0 Å². The molecule has 11 heteroatoms. The lowest BCUT2D eigenvalue weighted by Crippen LogP contribution is -2.53. The van der Waals surface area contributed by atoms with Crippen LogP contribution in [-0.2, 0) is 24.0 Å². The van der Waals surface area contributed by atoms with E-state index in [1.807, 2.05) is 5.43 Å². The molecule has 1 aliphatic heterocycles. The van der Waals surface area contributed by atoms with E-state index in [-0.39, 0.29) is 19.4 Å². The quantitative estimate of drug-likeness (QED) is 0.179. The Balaban J connectivity index is 2.75. The first-order valence-electron chi connectivity index (χ1n) is 7.36. The topological polar surface area (TPSA) is 185 Å². The Morgan fingerprint density at radius 1 is 1.17 bits per heavy atom. The van der Waals surface area contributed by atoms with Gasteiger partial charge < -0.3 is 21.1 Å². The zero-order chi connectivity index (χ0) is 18.3. The molecule has 0 aromatic heterocycles. The normalized spacial score (nSPS) is 17.9. The van der Waals surface area contributed by atoms with E-state index in [0.29, 0.717) is 12.8 Å². The minimum atomic E-state index is -1.34. The highest BCUT2D eigenvalue weighted by Crippen LogP contribution is 2.18. The van der Waals surface area contributed by atoms with Crippen molar-refractivity contribution < 1.29 is 29.1 Å². The van der Waals surface area contributed by atoms with Crippen molar-refractivity contribution in [3.05, 3.63) is 0 Å². The number of rotatable bonds is 8. The maximum atomic E-state index is 12.5. The molecule has 1 aliphatic rings. The number of hydrazine groups is 1. The van der Waals surface area contributed by atoms with Crippen molar-refractivity contribution in [3.63, 3.8) is 0 Å². The Hall–Kier alpha value is -2.69. The Labute approximate surface area is 137 Å². The number of hydrogen-bond donors (Lipinski definition) is 5. The van der Waals surface area contributed by atoms with Crippen LogP contribution >= 0.6 is 0 Å². The fourth-order valence-corrected chi connectivity index (χ4v) is 2.47. The van der Waals surface area contributed by atoms with E-state index in [1.165, 1.54) is 4.90 Å². The van der Waals surface area contributed by atoms with Crippen molar-refractivity contribution in [3.8, 4) is 0 Å². The SMILES string of the molecule is NNC(=O)CCC(=O)NC(CC(=O)O)C(=O)N1CCCC1C(N)=O. The smallest absolute Gasteiger partial charge is 0.305 e. The van der Waals surface area contributed by atoms with Crippen LogP contribution in [0.3, 0.4) is 0 Å². The minimum Gasteiger partial charge on any atom is -0.481 e. The van der Waals surface area contributed by atoms with Gasteiger partial charge in [-0.15, -0.1) is 0 Å². The molecular formula is C13H21N5O6. The standard InChI is InChI=1S/C13H21N5O6/c14-12(23)8-2-1-5-18(8)13(24)7(6-11(21)22)16-9(19)3-4-10(20)17-15/h7-8H,1-6,15H2,(H2,14,23)(H,16,19)(H,17,20)(H,21,22). The molecular weight excluding hydrogens is 322 g/mol. The van der Waals surface area contributed by atoms with E-state index < -0.39 is 48.1 Å². The summed E-state index contributed by atoms with van der Waals surface area (Å²) >= 11 is 0. The third kappa shape index (κ3) is 5.50. The summed E-state index contributed by atoms with van der Waals surface area (Å²) in [6, 6.07) is -2.15. The van der Waals surface area contributed by atoms with Crippen molar-refractivity contribution in [1.82, 2.24) is 15.6 Å². The monoisotopic (exact) mass is 343 g/mol. The second-order valence-electron chi connectivity index (χ2n) is 5.38. The summed E-state index contributed by atoms with van der Waals surface area (Å²) in [5, 5.41) is 11.2. The Morgan fingerprint density at radius 3 is 2.33 bits per heavy atom. The molecule has 0 aliphatic carbocycles.